The lowest BCUT2D eigenvalue weighted by Crippen LogP contribution is -2.51. The second-order valence-corrected chi connectivity index (χ2v) is 14.6. The van der Waals surface area contributed by atoms with Crippen molar-refractivity contribution < 1.29 is 24.0 Å². The normalized spacial score (nSPS) is 12.6. The Morgan fingerprint density at radius 2 is 0.830 bits per heavy atom. The lowest BCUT2D eigenvalue weighted by atomic mass is 10.0. The monoisotopic (exact) mass is 665 g/mol. The van der Waals surface area contributed by atoms with Crippen molar-refractivity contribution in [2.24, 2.45) is 17.8 Å². The number of Topliss-reactive ketones (excluding diaryl/α,β-unsaturated/α-hetero) is 1. The fourth-order valence-electron chi connectivity index (χ4n) is 5.46. The molecule has 0 aromatic rings. The molecular formula is C38H72N4O5. The Hall–Kier alpha value is -2.45. The van der Waals surface area contributed by atoms with E-state index in [-0.39, 0.29) is 29.4 Å². The van der Waals surface area contributed by atoms with E-state index < -0.39 is 12.1 Å². The van der Waals surface area contributed by atoms with Crippen LogP contribution in [-0.2, 0) is 24.0 Å². The van der Waals surface area contributed by atoms with Crippen LogP contribution >= 0.6 is 0 Å². The quantitative estimate of drug-likeness (QED) is 0.0605. The molecule has 9 nitrogen and oxygen atoms in total. The molecule has 0 rings (SSSR count). The van der Waals surface area contributed by atoms with Crippen LogP contribution in [-0.4, -0.2) is 54.6 Å². The molecule has 9 heteroatoms. The lowest BCUT2D eigenvalue weighted by Gasteiger charge is -2.23. The number of amides is 4. The number of hydrogen-bond acceptors (Lipinski definition) is 5. The van der Waals surface area contributed by atoms with Gasteiger partial charge in [-0.15, -0.1) is 0 Å². The van der Waals surface area contributed by atoms with Crippen LogP contribution in [0.5, 0.6) is 0 Å². The zero-order valence-electron chi connectivity index (χ0n) is 31.3. The highest BCUT2D eigenvalue weighted by molar-refractivity contribution is 5.92. The van der Waals surface area contributed by atoms with Gasteiger partial charge in [0, 0.05) is 38.8 Å². The largest absolute Gasteiger partial charge is 0.356 e. The third kappa shape index (κ3) is 27.2. The summed E-state index contributed by atoms with van der Waals surface area (Å²) in [7, 11) is 0. The summed E-state index contributed by atoms with van der Waals surface area (Å²) in [6, 6.07) is -1.36. The second-order valence-electron chi connectivity index (χ2n) is 14.6. The molecule has 0 aromatic carbocycles. The van der Waals surface area contributed by atoms with Gasteiger partial charge in [-0.3, -0.25) is 24.0 Å². The van der Waals surface area contributed by atoms with Crippen molar-refractivity contribution in [2.45, 2.75) is 183 Å². The average molecular weight is 665 g/mol. The molecule has 0 radical (unpaired) electrons. The van der Waals surface area contributed by atoms with E-state index in [1.807, 2.05) is 0 Å². The van der Waals surface area contributed by atoms with Crippen LogP contribution in [0.4, 0.5) is 0 Å². The predicted molar refractivity (Wildman–Crippen MR) is 193 cm³/mol. The number of ketones is 1. The first-order valence-corrected chi connectivity index (χ1v) is 19.0. The van der Waals surface area contributed by atoms with Crippen LogP contribution in [0.1, 0.15) is 170 Å². The van der Waals surface area contributed by atoms with E-state index in [2.05, 4.69) is 62.8 Å². The average Bonchev–Trinajstić information content (AvgIpc) is 3.01. The summed E-state index contributed by atoms with van der Waals surface area (Å²) in [5, 5.41) is 11.8. The minimum absolute atomic E-state index is 0.0394. The van der Waals surface area contributed by atoms with Crippen molar-refractivity contribution in [2.75, 3.05) is 13.1 Å². The van der Waals surface area contributed by atoms with E-state index >= 15 is 0 Å². The van der Waals surface area contributed by atoms with E-state index in [0.717, 1.165) is 64.2 Å². The topological polar surface area (TPSA) is 133 Å². The van der Waals surface area contributed by atoms with Crippen LogP contribution in [0.15, 0.2) is 0 Å². The molecule has 4 N–H and O–H groups in total. The molecule has 4 amide bonds. The maximum absolute atomic E-state index is 13.4. The minimum atomic E-state index is -0.735. The summed E-state index contributed by atoms with van der Waals surface area (Å²) in [5.74, 6) is 1.47. The van der Waals surface area contributed by atoms with Crippen molar-refractivity contribution in [1.29, 1.82) is 0 Å². The van der Waals surface area contributed by atoms with Crippen molar-refractivity contribution in [1.82, 2.24) is 21.3 Å². The van der Waals surface area contributed by atoms with Gasteiger partial charge in [0.1, 0.15) is 6.04 Å². The Kier molecular flexibility index (Phi) is 27.1. The van der Waals surface area contributed by atoms with Crippen LogP contribution < -0.4 is 21.3 Å². The third-order valence-electron chi connectivity index (χ3n) is 8.49. The number of carbonyl (C=O) groups is 5. The van der Waals surface area contributed by atoms with Gasteiger partial charge in [-0.2, -0.15) is 0 Å². The molecule has 2 atom stereocenters. The van der Waals surface area contributed by atoms with Gasteiger partial charge in [0.15, 0.2) is 5.78 Å². The summed E-state index contributed by atoms with van der Waals surface area (Å²) in [4.78, 5) is 63.3. The smallest absolute Gasteiger partial charge is 0.243 e. The third-order valence-corrected chi connectivity index (χ3v) is 8.49. The standard InChI is InChI=1S/C38H72N4O5/c1-8-34(43)32(22-15-17-27-39-35(44)24-12-9-19-29(2)3)42-38(47)33(41-37(46)26-14-11-21-31(6)7)23-16-18-28-40-36(45)25-13-10-20-30(4)5/h29-33H,8-28H2,1-7H3,(H,39,44)(H,40,45)(H,41,46)(H,42,47). The highest BCUT2D eigenvalue weighted by atomic mass is 16.2. The van der Waals surface area contributed by atoms with E-state index in [1.54, 1.807) is 6.92 Å². The Morgan fingerprint density at radius 1 is 0.447 bits per heavy atom. The summed E-state index contributed by atoms with van der Waals surface area (Å²) >= 11 is 0. The summed E-state index contributed by atoms with van der Waals surface area (Å²) in [6.07, 6.45) is 14.4. The Morgan fingerprint density at radius 3 is 1.23 bits per heavy atom. The second kappa shape index (κ2) is 28.6. The van der Waals surface area contributed by atoms with Crippen LogP contribution in [0.25, 0.3) is 0 Å². The highest BCUT2D eigenvalue weighted by Gasteiger charge is 2.25. The highest BCUT2D eigenvalue weighted by Crippen LogP contribution is 2.12. The van der Waals surface area contributed by atoms with Gasteiger partial charge in [-0.1, -0.05) is 87.0 Å². The van der Waals surface area contributed by atoms with Crippen LogP contribution in [0.3, 0.4) is 0 Å². The molecule has 0 aliphatic rings. The zero-order valence-corrected chi connectivity index (χ0v) is 31.3. The molecule has 0 aliphatic carbocycles. The number of hydrogen-bond donors (Lipinski definition) is 4. The molecule has 0 aliphatic heterocycles. The van der Waals surface area contributed by atoms with Crippen LogP contribution in [0, 0.1) is 17.8 Å². The summed E-state index contributed by atoms with van der Waals surface area (Å²) in [5.41, 5.74) is 0. The molecule has 0 bridgehead atoms. The van der Waals surface area contributed by atoms with Crippen molar-refractivity contribution in [3.05, 3.63) is 0 Å². The van der Waals surface area contributed by atoms with Crippen molar-refractivity contribution in [3.8, 4) is 0 Å². The summed E-state index contributed by atoms with van der Waals surface area (Å²) < 4.78 is 0. The number of unbranched alkanes of at least 4 members (excludes halogenated alkanes) is 5. The molecule has 2 unspecified atom stereocenters. The van der Waals surface area contributed by atoms with Crippen LogP contribution in [0.2, 0.25) is 0 Å². The SMILES string of the molecule is CCC(=O)C(CCCCNC(=O)CCCCC(C)C)NC(=O)C(CCCCNC(=O)CCCCC(C)C)NC(=O)CCCCC(C)C. The molecule has 47 heavy (non-hydrogen) atoms. The Bertz CT molecular complexity index is 874. The maximum atomic E-state index is 13.4. The molecule has 0 saturated carbocycles. The first-order valence-electron chi connectivity index (χ1n) is 19.0. The molecule has 0 heterocycles. The first kappa shape index (κ1) is 44.5. The van der Waals surface area contributed by atoms with E-state index in [1.165, 1.54) is 0 Å². The fraction of sp³-hybridized carbons (Fsp3) is 0.868. The predicted octanol–water partition coefficient (Wildman–Crippen LogP) is 7.16. The molecule has 0 spiro atoms. The van der Waals surface area contributed by atoms with Gasteiger partial charge in [-0.05, 0) is 75.5 Å². The summed E-state index contributed by atoms with van der Waals surface area (Å²) in [6.45, 7) is 15.9. The maximum Gasteiger partial charge on any atom is 0.243 e. The Labute approximate surface area is 287 Å². The van der Waals surface area contributed by atoms with E-state index in [9.17, 15) is 24.0 Å². The number of nitrogens with one attached hydrogen (secondary N) is 4. The van der Waals surface area contributed by atoms with Crippen molar-refractivity contribution >= 4 is 29.4 Å². The van der Waals surface area contributed by atoms with Crippen molar-refractivity contribution in [3.63, 3.8) is 0 Å². The minimum Gasteiger partial charge on any atom is -0.356 e. The number of rotatable bonds is 30. The Balaban J connectivity index is 4.90. The van der Waals surface area contributed by atoms with Gasteiger partial charge in [0.2, 0.25) is 23.6 Å². The van der Waals surface area contributed by atoms with Gasteiger partial charge in [0.25, 0.3) is 0 Å². The van der Waals surface area contributed by atoms with Gasteiger partial charge in [-0.25, -0.2) is 0 Å². The van der Waals surface area contributed by atoms with E-state index in [0.29, 0.717) is 88.6 Å². The molecule has 0 fully saturated rings. The molecular weight excluding hydrogens is 592 g/mol. The zero-order chi connectivity index (χ0) is 35.5. The molecule has 0 aromatic heterocycles. The molecule has 0 saturated heterocycles. The van der Waals surface area contributed by atoms with Gasteiger partial charge < -0.3 is 21.3 Å². The lowest BCUT2D eigenvalue weighted by molar-refractivity contribution is -0.131. The van der Waals surface area contributed by atoms with Gasteiger partial charge >= 0.3 is 0 Å². The number of carbonyl (C=O) groups excluding carboxylic acids is 5. The molecule has 274 valence electrons. The van der Waals surface area contributed by atoms with E-state index in [4.69, 9.17) is 0 Å². The fourth-order valence-corrected chi connectivity index (χ4v) is 5.46. The first-order chi connectivity index (χ1) is 22.3. The van der Waals surface area contributed by atoms with Gasteiger partial charge in [0.05, 0.1) is 6.04 Å².